The Morgan fingerprint density at radius 2 is 1.62 bits per heavy atom. The summed E-state index contributed by atoms with van der Waals surface area (Å²) in [5, 5.41) is 3.07. The number of anilines is 1. The SMILES string of the molecule is CCC(C(=O)NC)N(Cc1ccccc1)C(=O)CN(c1ccc(Cl)cc1C)S(=O)(=O)c1ccc(C)cc1. The minimum atomic E-state index is -4.12. The van der Waals surface area contributed by atoms with Gasteiger partial charge in [-0.3, -0.25) is 13.9 Å². The number of sulfonamides is 1. The van der Waals surface area contributed by atoms with Crippen molar-refractivity contribution < 1.29 is 18.0 Å². The maximum Gasteiger partial charge on any atom is 0.264 e. The third-order valence-corrected chi connectivity index (χ3v) is 8.15. The summed E-state index contributed by atoms with van der Waals surface area (Å²) < 4.78 is 28.8. The molecule has 0 saturated heterocycles. The highest BCUT2D eigenvalue weighted by Gasteiger charge is 2.33. The third-order valence-electron chi connectivity index (χ3n) is 6.14. The van der Waals surface area contributed by atoms with E-state index in [-0.39, 0.29) is 17.3 Å². The summed E-state index contributed by atoms with van der Waals surface area (Å²) in [6.07, 6.45) is 0.364. The highest BCUT2D eigenvalue weighted by molar-refractivity contribution is 7.92. The highest BCUT2D eigenvalue weighted by Crippen LogP contribution is 2.29. The van der Waals surface area contributed by atoms with Gasteiger partial charge in [-0.2, -0.15) is 0 Å². The Kier molecular flexibility index (Phi) is 9.34. The van der Waals surface area contributed by atoms with Gasteiger partial charge in [0.05, 0.1) is 10.6 Å². The van der Waals surface area contributed by atoms with Crippen molar-refractivity contribution in [3.05, 3.63) is 94.5 Å². The summed E-state index contributed by atoms with van der Waals surface area (Å²) >= 11 is 6.14. The first kappa shape index (κ1) is 28.2. The maximum atomic E-state index is 13.9. The Hall–Kier alpha value is -3.36. The van der Waals surface area contributed by atoms with E-state index >= 15 is 0 Å². The molecule has 0 fully saturated rings. The fourth-order valence-corrected chi connectivity index (χ4v) is 5.82. The second kappa shape index (κ2) is 12.3. The van der Waals surface area contributed by atoms with E-state index in [1.54, 1.807) is 37.3 Å². The average Bonchev–Trinajstić information content (AvgIpc) is 2.88. The second-order valence-corrected chi connectivity index (χ2v) is 11.1. The molecule has 9 heteroatoms. The van der Waals surface area contributed by atoms with Gasteiger partial charge in [0.2, 0.25) is 11.8 Å². The highest BCUT2D eigenvalue weighted by atomic mass is 35.5. The monoisotopic (exact) mass is 541 g/mol. The van der Waals surface area contributed by atoms with Crippen molar-refractivity contribution in [2.75, 3.05) is 17.9 Å². The molecule has 0 saturated carbocycles. The maximum absolute atomic E-state index is 13.9. The van der Waals surface area contributed by atoms with Crippen molar-refractivity contribution in [3.8, 4) is 0 Å². The number of hydrogen-bond donors (Lipinski definition) is 1. The molecule has 37 heavy (non-hydrogen) atoms. The van der Waals surface area contributed by atoms with E-state index in [0.29, 0.717) is 22.7 Å². The molecule has 0 spiro atoms. The zero-order valence-electron chi connectivity index (χ0n) is 21.4. The number of carbonyl (C=O) groups excluding carboxylic acids is 2. The Morgan fingerprint density at radius 1 is 0.973 bits per heavy atom. The first-order chi connectivity index (χ1) is 17.6. The number of nitrogens with one attached hydrogen (secondary N) is 1. The number of benzene rings is 3. The molecule has 7 nitrogen and oxygen atoms in total. The summed E-state index contributed by atoms with van der Waals surface area (Å²) in [6, 6.07) is 19.8. The minimum absolute atomic E-state index is 0.0632. The Morgan fingerprint density at radius 3 is 2.19 bits per heavy atom. The Labute approximate surface area is 224 Å². The molecular formula is C28H32ClN3O4S. The summed E-state index contributed by atoms with van der Waals surface area (Å²) in [7, 11) is -2.61. The second-order valence-electron chi connectivity index (χ2n) is 8.80. The Bertz CT molecular complexity index is 1350. The van der Waals surface area contributed by atoms with Crippen LogP contribution in [0.5, 0.6) is 0 Å². The van der Waals surface area contributed by atoms with Gasteiger partial charge in [-0.1, -0.05) is 66.6 Å². The zero-order valence-corrected chi connectivity index (χ0v) is 23.0. The molecule has 1 atom stereocenters. The molecule has 0 aromatic heterocycles. The smallest absolute Gasteiger partial charge is 0.264 e. The van der Waals surface area contributed by atoms with Gasteiger partial charge in [0, 0.05) is 18.6 Å². The topological polar surface area (TPSA) is 86.8 Å². The number of hydrogen-bond acceptors (Lipinski definition) is 4. The lowest BCUT2D eigenvalue weighted by atomic mass is 10.1. The van der Waals surface area contributed by atoms with Crippen molar-refractivity contribution in [1.82, 2.24) is 10.2 Å². The molecule has 0 radical (unpaired) electrons. The first-order valence-electron chi connectivity index (χ1n) is 12.0. The van der Waals surface area contributed by atoms with E-state index in [2.05, 4.69) is 5.32 Å². The molecule has 0 heterocycles. The van der Waals surface area contributed by atoms with Crippen LogP contribution in [0.15, 0.2) is 77.7 Å². The largest absolute Gasteiger partial charge is 0.357 e. The average molecular weight is 542 g/mol. The predicted octanol–water partition coefficient (Wildman–Crippen LogP) is 4.71. The van der Waals surface area contributed by atoms with Crippen LogP contribution in [-0.2, 0) is 26.2 Å². The summed E-state index contributed by atoms with van der Waals surface area (Å²) in [4.78, 5) is 28.1. The van der Waals surface area contributed by atoms with E-state index in [1.807, 2.05) is 44.2 Å². The van der Waals surface area contributed by atoms with Gasteiger partial charge < -0.3 is 10.2 Å². The minimum Gasteiger partial charge on any atom is -0.357 e. The number of rotatable bonds is 10. The molecular weight excluding hydrogens is 510 g/mol. The van der Waals surface area contributed by atoms with Crippen LogP contribution in [0.4, 0.5) is 5.69 Å². The molecule has 3 aromatic carbocycles. The fraction of sp³-hybridized carbons (Fsp3) is 0.286. The zero-order chi connectivity index (χ0) is 27.2. The summed E-state index contributed by atoms with van der Waals surface area (Å²) in [5.41, 5.74) is 2.68. The molecule has 1 N–H and O–H groups in total. The van der Waals surface area contributed by atoms with E-state index in [1.165, 1.54) is 24.1 Å². The van der Waals surface area contributed by atoms with Crippen LogP contribution in [-0.4, -0.2) is 44.8 Å². The third kappa shape index (κ3) is 6.70. The van der Waals surface area contributed by atoms with Gasteiger partial charge in [-0.05, 0) is 61.7 Å². The predicted molar refractivity (Wildman–Crippen MR) is 147 cm³/mol. The lowest BCUT2D eigenvalue weighted by molar-refractivity contribution is -0.140. The van der Waals surface area contributed by atoms with Crippen LogP contribution >= 0.6 is 11.6 Å². The normalized spacial score (nSPS) is 12.0. The lowest BCUT2D eigenvalue weighted by Gasteiger charge is -2.33. The van der Waals surface area contributed by atoms with Crippen LogP contribution in [0.1, 0.15) is 30.0 Å². The molecule has 2 amide bonds. The molecule has 0 aliphatic rings. The van der Waals surface area contributed by atoms with Gasteiger partial charge >= 0.3 is 0 Å². The molecule has 196 valence electrons. The molecule has 0 bridgehead atoms. The molecule has 0 aliphatic heterocycles. The molecule has 3 rings (SSSR count). The van der Waals surface area contributed by atoms with Gasteiger partial charge in [-0.15, -0.1) is 0 Å². The standard InChI is InChI=1S/C28H32ClN3O4S/c1-5-25(28(34)30-4)31(18-22-9-7-6-8-10-22)27(33)19-32(26-16-13-23(29)17-21(26)3)37(35,36)24-14-11-20(2)12-15-24/h6-17,25H,5,18-19H2,1-4H3,(H,30,34). The van der Waals surface area contributed by atoms with Crippen molar-refractivity contribution in [1.29, 1.82) is 0 Å². The van der Waals surface area contributed by atoms with E-state index in [0.717, 1.165) is 15.4 Å². The van der Waals surface area contributed by atoms with Crippen molar-refractivity contribution in [2.24, 2.45) is 0 Å². The Balaban J connectivity index is 2.09. The number of nitrogens with zero attached hydrogens (tertiary/aromatic N) is 2. The number of amides is 2. The number of carbonyl (C=O) groups is 2. The van der Waals surface area contributed by atoms with Crippen LogP contribution in [0, 0.1) is 13.8 Å². The van der Waals surface area contributed by atoms with E-state index in [4.69, 9.17) is 11.6 Å². The number of likely N-dealkylation sites (N-methyl/N-ethyl adjacent to an activating group) is 1. The van der Waals surface area contributed by atoms with E-state index in [9.17, 15) is 18.0 Å². The lowest BCUT2D eigenvalue weighted by Crippen LogP contribution is -2.51. The molecule has 0 aliphatic carbocycles. The molecule has 3 aromatic rings. The summed E-state index contributed by atoms with van der Waals surface area (Å²) in [6.45, 7) is 5.09. The van der Waals surface area contributed by atoms with E-state index < -0.39 is 28.5 Å². The van der Waals surface area contributed by atoms with Crippen LogP contribution in [0.3, 0.4) is 0 Å². The van der Waals surface area contributed by atoms with Crippen molar-refractivity contribution in [3.63, 3.8) is 0 Å². The van der Waals surface area contributed by atoms with Gasteiger partial charge in [0.1, 0.15) is 12.6 Å². The van der Waals surface area contributed by atoms with Crippen molar-refractivity contribution >= 4 is 39.1 Å². The molecule has 1 unspecified atom stereocenters. The number of halogens is 1. The van der Waals surface area contributed by atoms with Gasteiger partial charge in [0.15, 0.2) is 0 Å². The first-order valence-corrected chi connectivity index (χ1v) is 13.8. The summed E-state index contributed by atoms with van der Waals surface area (Å²) in [5.74, 6) is -0.813. The van der Waals surface area contributed by atoms with Crippen molar-refractivity contribution in [2.45, 2.75) is 44.7 Å². The van der Waals surface area contributed by atoms with Gasteiger partial charge in [-0.25, -0.2) is 8.42 Å². The quantitative estimate of drug-likeness (QED) is 0.403. The fourth-order valence-electron chi connectivity index (χ4n) is 4.12. The van der Waals surface area contributed by atoms with Crippen LogP contribution in [0.2, 0.25) is 5.02 Å². The van der Waals surface area contributed by atoms with Crippen LogP contribution in [0.25, 0.3) is 0 Å². The number of aryl methyl sites for hydroxylation is 2. The van der Waals surface area contributed by atoms with Gasteiger partial charge in [0.25, 0.3) is 10.0 Å². The van der Waals surface area contributed by atoms with Crippen LogP contribution < -0.4 is 9.62 Å².